The molecule has 0 aromatic rings. The van der Waals surface area contributed by atoms with Gasteiger partial charge in [-0.2, -0.15) is 0 Å². The number of hydroxylamine groups is 2. The van der Waals surface area contributed by atoms with Crippen LogP contribution < -0.4 is 0 Å². The third-order valence-corrected chi connectivity index (χ3v) is 1.03. The molecule has 0 radical (unpaired) electrons. The van der Waals surface area contributed by atoms with Gasteiger partial charge in [0, 0.05) is 14.1 Å². The Bertz CT molecular complexity index is 70.1. The first-order valence-electron chi connectivity index (χ1n) is 3.45. The smallest absolute Gasteiger partial charge is 0.0674 e. The van der Waals surface area contributed by atoms with E-state index in [4.69, 9.17) is 9.68 Å². The van der Waals surface area contributed by atoms with Crippen molar-refractivity contribution in [1.82, 2.24) is 10.3 Å². The van der Waals surface area contributed by atoms with Crippen molar-refractivity contribution in [3.05, 3.63) is 0 Å². The van der Waals surface area contributed by atoms with Crippen molar-refractivity contribution in [2.45, 2.75) is 13.8 Å². The quantitative estimate of drug-likeness (QED) is 0.535. The van der Waals surface area contributed by atoms with Crippen LogP contribution in [0.2, 0.25) is 0 Å². The molecule has 10 heavy (non-hydrogen) atoms. The van der Waals surface area contributed by atoms with Crippen molar-refractivity contribution >= 4 is 0 Å². The number of hydrogen-bond acceptors (Lipinski definition) is 4. The van der Waals surface area contributed by atoms with Crippen LogP contribution in [0.4, 0.5) is 0 Å². The summed E-state index contributed by atoms with van der Waals surface area (Å²) in [7, 11) is 3.58. The second kappa shape index (κ2) is 5.61. The maximum absolute atomic E-state index is 5.09. The van der Waals surface area contributed by atoms with E-state index in [2.05, 4.69) is 0 Å². The Morgan fingerprint density at radius 1 is 0.900 bits per heavy atom. The summed E-state index contributed by atoms with van der Waals surface area (Å²) >= 11 is 0. The van der Waals surface area contributed by atoms with Crippen LogP contribution in [0.25, 0.3) is 0 Å². The van der Waals surface area contributed by atoms with Gasteiger partial charge in [-0.05, 0) is 13.8 Å². The number of hydrazine groups is 1. The summed E-state index contributed by atoms with van der Waals surface area (Å²) in [5, 5.41) is 3.09. The molecule has 0 atom stereocenters. The number of hydrogen-bond donors (Lipinski definition) is 0. The van der Waals surface area contributed by atoms with Gasteiger partial charge >= 0.3 is 0 Å². The first kappa shape index (κ1) is 9.84. The highest BCUT2D eigenvalue weighted by Gasteiger charge is 2.02. The van der Waals surface area contributed by atoms with Crippen molar-refractivity contribution in [3.63, 3.8) is 0 Å². The highest BCUT2D eigenvalue weighted by molar-refractivity contribution is 4.14. The summed E-state index contributed by atoms with van der Waals surface area (Å²) in [6.07, 6.45) is 0. The van der Waals surface area contributed by atoms with Crippen molar-refractivity contribution in [3.8, 4) is 0 Å². The van der Waals surface area contributed by atoms with Crippen LogP contribution in [0.3, 0.4) is 0 Å². The van der Waals surface area contributed by atoms with Crippen LogP contribution in [0.15, 0.2) is 0 Å². The van der Waals surface area contributed by atoms with E-state index < -0.39 is 0 Å². The summed E-state index contributed by atoms with van der Waals surface area (Å²) in [6, 6.07) is 0. The lowest BCUT2D eigenvalue weighted by atomic mass is 10.9. The molecule has 0 aliphatic carbocycles. The molecule has 0 N–H and O–H groups in total. The second-order valence-electron chi connectivity index (χ2n) is 1.76. The molecule has 0 spiro atoms. The predicted octanol–water partition coefficient (Wildman–Crippen LogP) is 0.668. The maximum Gasteiger partial charge on any atom is 0.0674 e. The van der Waals surface area contributed by atoms with Crippen LogP contribution in [-0.2, 0) is 9.68 Å². The Hall–Kier alpha value is -0.160. The molecule has 0 amide bonds. The van der Waals surface area contributed by atoms with Crippen molar-refractivity contribution in [2.24, 2.45) is 0 Å². The van der Waals surface area contributed by atoms with Crippen LogP contribution >= 0.6 is 0 Å². The van der Waals surface area contributed by atoms with Crippen LogP contribution in [0.5, 0.6) is 0 Å². The van der Waals surface area contributed by atoms with E-state index in [-0.39, 0.29) is 0 Å². The average molecular weight is 148 g/mol. The summed E-state index contributed by atoms with van der Waals surface area (Å²) in [4.78, 5) is 10.2. The van der Waals surface area contributed by atoms with Gasteiger partial charge in [-0.15, -0.1) is 10.3 Å². The Kier molecular flexibility index (Phi) is 5.52. The number of nitrogens with zero attached hydrogens (tertiary/aromatic N) is 2. The average Bonchev–Trinajstić information content (AvgIpc) is 1.89. The lowest BCUT2D eigenvalue weighted by Gasteiger charge is -2.24. The van der Waals surface area contributed by atoms with Gasteiger partial charge in [0.05, 0.1) is 13.2 Å². The van der Waals surface area contributed by atoms with Crippen LogP contribution in [-0.4, -0.2) is 37.7 Å². The fourth-order valence-corrected chi connectivity index (χ4v) is 0.536. The van der Waals surface area contributed by atoms with Gasteiger partial charge in [0.25, 0.3) is 0 Å². The molecule has 0 aliphatic rings. The van der Waals surface area contributed by atoms with Crippen molar-refractivity contribution < 1.29 is 9.68 Å². The monoisotopic (exact) mass is 148 g/mol. The Morgan fingerprint density at radius 3 is 1.40 bits per heavy atom. The van der Waals surface area contributed by atoms with Crippen LogP contribution in [0.1, 0.15) is 13.8 Å². The van der Waals surface area contributed by atoms with Gasteiger partial charge in [0.1, 0.15) is 0 Å². The zero-order valence-electron chi connectivity index (χ0n) is 7.13. The summed E-state index contributed by atoms with van der Waals surface area (Å²) in [6.45, 7) is 5.15. The third-order valence-electron chi connectivity index (χ3n) is 1.03. The molecule has 0 aliphatic heterocycles. The van der Waals surface area contributed by atoms with E-state index in [1.165, 1.54) is 0 Å². The molecular weight excluding hydrogens is 132 g/mol. The first-order chi connectivity index (χ1) is 4.72. The normalized spacial score (nSPS) is 11.4. The summed E-state index contributed by atoms with van der Waals surface area (Å²) in [5.41, 5.74) is 0. The Balaban J connectivity index is 3.38. The van der Waals surface area contributed by atoms with E-state index in [1.54, 1.807) is 24.4 Å². The minimum absolute atomic E-state index is 0.647. The molecule has 4 nitrogen and oxygen atoms in total. The van der Waals surface area contributed by atoms with E-state index in [9.17, 15) is 0 Å². The van der Waals surface area contributed by atoms with Gasteiger partial charge in [0.2, 0.25) is 0 Å². The minimum atomic E-state index is 0.647. The molecule has 0 fully saturated rings. The molecule has 0 rings (SSSR count). The molecule has 0 aromatic carbocycles. The van der Waals surface area contributed by atoms with Gasteiger partial charge in [-0.3, -0.25) is 9.68 Å². The highest BCUT2D eigenvalue weighted by Crippen LogP contribution is 1.91. The first-order valence-corrected chi connectivity index (χ1v) is 3.45. The number of rotatable bonds is 5. The third kappa shape index (κ3) is 3.79. The van der Waals surface area contributed by atoms with Gasteiger partial charge < -0.3 is 0 Å². The fraction of sp³-hybridized carbons (Fsp3) is 1.00. The van der Waals surface area contributed by atoms with Crippen LogP contribution in [0, 0.1) is 0 Å². The topological polar surface area (TPSA) is 24.9 Å². The predicted molar refractivity (Wildman–Crippen MR) is 38.8 cm³/mol. The van der Waals surface area contributed by atoms with Gasteiger partial charge in [0.15, 0.2) is 0 Å². The Morgan fingerprint density at radius 2 is 1.20 bits per heavy atom. The zero-order valence-corrected chi connectivity index (χ0v) is 7.13. The van der Waals surface area contributed by atoms with Crippen molar-refractivity contribution in [1.29, 1.82) is 0 Å². The molecule has 0 saturated heterocycles. The molecule has 0 bridgehead atoms. The standard InChI is InChI=1S/C6H16N2O2/c1-5-9-7(3)8(4)10-6-2/h5-6H2,1-4H3. The lowest BCUT2D eigenvalue weighted by Crippen LogP contribution is -2.36. The lowest BCUT2D eigenvalue weighted by molar-refractivity contribution is -0.381. The molecule has 0 saturated carbocycles. The van der Waals surface area contributed by atoms with E-state index in [0.29, 0.717) is 13.2 Å². The molecule has 4 heteroatoms. The highest BCUT2D eigenvalue weighted by atomic mass is 16.8. The van der Waals surface area contributed by atoms with Gasteiger partial charge in [-0.25, -0.2) is 0 Å². The molecule has 0 heterocycles. The SMILES string of the molecule is CCON(C)N(C)OCC. The van der Waals surface area contributed by atoms with Crippen molar-refractivity contribution in [2.75, 3.05) is 27.3 Å². The molecular formula is C6H16N2O2. The summed E-state index contributed by atoms with van der Waals surface area (Å²) in [5.74, 6) is 0. The minimum Gasteiger partial charge on any atom is -0.283 e. The largest absolute Gasteiger partial charge is 0.283 e. The van der Waals surface area contributed by atoms with E-state index in [1.807, 2.05) is 13.8 Å². The maximum atomic E-state index is 5.09. The van der Waals surface area contributed by atoms with Gasteiger partial charge in [-0.1, -0.05) is 0 Å². The van der Waals surface area contributed by atoms with E-state index >= 15 is 0 Å². The molecule has 62 valence electrons. The second-order valence-corrected chi connectivity index (χ2v) is 1.76. The summed E-state index contributed by atoms with van der Waals surface area (Å²) < 4.78 is 0. The zero-order chi connectivity index (χ0) is 7.98. The fourth-order valence-electron chi connectivity index (χ4n) is 0.536. The molecule has 0 aromatic heterocycles. The van der Waals surface area contributed by atoms with E-state index in [0.717, 1.165) is 0 Å². The Labute approximate surface area is 62.2 Å². The molecule has 0 unspecified atom stereocenters.